The molecule has 2 aliphatic heterocycles. The minimum Gasteiger partial charge on any atom is -0.339 e. The van der Waals surface area contributed by atoms with Gasteiger partial charge in [-0.2, -0.15) is 0 Å². The number of fused-ring (bicyclic) bond motifs is 5. The van der Waals surface area contributed by atoms with Gasteiger partial charge >= 0.3 is 0 Å². The Kier molecular flexibility index (Phi) is 3.74. The topological polar surface area (TPSA) is 57.7 Å². The van der Waals surface area contributed by atoms with Gasteiger partial charge in [-0.3, -0.25) is 19.3 Å². The first-order valence-electron chi connectivity index (χ1n) is 10.00. The van der Waals surface area contributed by atoms with Crippen LogP contribution in [0.1, 0.15) is 36.5 Å². The normalized spacial score (nSPS) is 32.5. The van der Waals surface area contributed by atoms with Gasteiger partial charge in [0.05, 0.1) is 17.5 Å². The maximum Gasteiger partial charge on any atom is 0.253 e. The lowest BCUT2D eigenvalue weighted by atomic mass is 9.85. The van der Waals surface area contributed by atoms with Crippen molar-refractivity contribution in [1.82, 2.24) is 4.90 Å². The number of hydrogen-bond acceptors (Lipinski definition) is 3. The minimum atomic E-state index is -0.191. The second kappa shape index (κ2) is 6.04. The number of hydrogen-bond donors (Lipinski definition) is 0. The van der Waals surface area contributed by atoms with E-state index >= 15 is 0 Å². The van der Waals surface area contributed by atoms with Crippen LogP contribution in [0, 0.1) is 29.6 Å². The smallest absolute Gasteiger partial charge is 0.253 e. The van der Waals surface area contributed by atoms with Crippen LogP contribution in [0.4, 0.5) is 5.69 Å². The molecule has 0 spiro atoms. The van der Waals surface area contributed by atoms with E-state index in [0.717, 1.165) is 32.4 Å². The largest absolute Gasteiger partial charge is 0.339 e. The Morgan fingerprint density at radius 1 is 0.926 bits per heavy atom. The zero-order valence-corrected chi connectivity index (χ0v) is 15.5. The summed E-state index contributed by atoms with van der Waals surface area (Å²) in [7, 11) is 0. The molecule has 0 radical (unpaired) electrons. The standard InChI is InChI=1S/C22H24N2O3/c1-13-8-10-23(11-9-13)20(25)14-4-6-17(7-5-14)24-21(26)18-15-2-3-16(12-15)19(18)22(24)27/h2-7,13,15-16,18-19H,8-12H2,1H3/t15-,16-,18-,19-/m0/s1. The molecule has 4 aliphatic rings. The molecule has 5 nitrogen and oxygen atoms in total. The maximum atomic E-state index is 12.9. The molecule has 2 saturated heterocycles. The van der Waals surface area contributed by atoms with E-state index in [9.17, 15) is 14.4 Å². The number of carbonyl (C=O) groups is 3. The van der Waals surface area contributed by atoms with E-state index in [-0.39, 0.29) is 41.4 Å². The van der Waals surface area contributed by atoms with Gasteiger partial charge in [-0.15, -0.1) is 0 Å². The van der Waals surface area contributed by atoms with Crippen LogP contribution in [0.15, 0.2) is 36.4 Å². The van der Waals surface area contributed by atoms with Gasteiger partial charge in [0.15, 0.2) is 0 Å². The summed E-state index contributed by atoms with van der Waals surface area (Å²) in [5.74, 6) is 0.595. The highest BCUT2D eigenvalue weighted by Crippen LogP contribution is 2.53. The summed E-state index contributed by atoms with van der Waals surface area (Å²) in [6, 6.07) is 6.98. The van der Waals surface area contributed by atoms with Crippen LogP contribution in [-0.2, 0) is 9.59 Å². The van der Waals surface area contributed by atoms with E-state index in [4.69, 9.17) is 0 Å². The summed E-state index contributed by atoms with van der Waals surface area (Å²) in [4.78, 5) is 41.7. The summed E-state index contributed by atoms with van der Waals surface area (Å²) < 4.78 is 0. The second-order valence-corrected chi connectivity index (χ2v) is 8.53. The molecule has 140 valence electrons. The van der Waals surface area contributed by atoms with Gasteiger partial charge in [0, 0.05) is 18.7 Å². The molecule has 27 heavy (non-hydrogen) atoms. The molecule has 5 heteroatoms. The lowest BCUT2D eigenvalue weighted by Crippen LogP contribution is -2.38. The third kappa shape index (κ3) is 2.47. The fourth-order valence-corrected chi connectivity index (χ4v) is 5.30. The van der Waals surface area contributed by atoms with Crippen LogP contribution >= 0.6 is 0 Å². The fourth-order valence-electron chi connectivity index (χ4n) is 5.30. The van der Waals surface area contributed by atoms with Crippen LogP contribution in [0.5, 0.6) is 0 Å². The summed E-state index contributed by atoms with van der Waals surface area (Å²) >= 11 is 0. The Bertz CT molecular complexity index is 806. The fraction of sp³-hybridized carbons (Fsp3) is 0.500. The van der Waals surface area contributed by atoms with Crippen molar-refractivity contribution < 1.29 is 14.4 Å². The second-order valence-electron chi connectivity index (χ2n) is 8.53. The number of nitrogens with zero attached hydrogens (tertiary/aromatic N) is 2. The van der Waals surface area contributed by atoms with Crippen LogP contribution < -0.4 is 4.90 Å². The molecule has 5 rings (SSSR count). The van der Waals surface area contributed by atoms with Crippen LogP contribution in [0.25, 0.3) is 0 Å². The number of piperidine rings is 1. The average Bonchev–Trinajstić information content (AvgIpc) is 3.36. The van der Waals surface area contributed by atoms with Crippen LogP contribution in [0.2, 0.25) is 0 Å². The van der Waals surface area contributed by atoms with E-state index in [1.165, 1.54) is 4.90 Å². The molecule has 2 aliphatic carbocycles. The summed E-state index contributed by atoms with van der Waals surface area (Å²) in [6.07, 6.45) is 7.21. The zero-order valence-electron chi connectivity index (χ0n) is 15.5. The molecule has 1 aromatic rings. The van der Waals surface area contributed by atoms with Gasteiger partial charge < -0.3 is 4.90 Å². The summed E-state index contributed by atoms with van der Waals surface area (Å²) in [5, 5.41) is 0. The molecular weight excluding hydrogens is 340 g/mol. The predicted octanol–water partition coefficient (Wildman–Crippen LogP) is 2.87. The van der Waals surface area contributed by atoms with Gasteiger partial charge in [-0.1, -0.05) is 19.1 Å². The Balaban J connectivity index is 1.34. The molecule has 2 heterocycles. The van der Waals surface area contributed by atoms with E-state index in [1.807, 2.05) is 4.90 Å². The number of amides is 3. The Morgan fingerprint density at radius 3 is 2.04 bits per heavy atom. The number of likely N-dealkylation sites (tertiary alicyclic amines) is 1. The third-order valence-corrected chi connectivity index (χ3v) is 6.91. The molecule has 0 unspecified atom stereocenters. The quantitative estimate of drug-likeness (QED) is 0.599. The Hall–Kier alpha value is -2.43. The van der Waals surface area contributed by atoms with Crippen LogP contribution in [0.3, 0.4) is 0 Å². The first-order chi connectivity index (χ1) is 13.0. The molecule has 2 bridgehead atoms. The van der Waals surface area contributed by atoms with Gasteiger partial charge in [0.1, 0.15) is 0 Å². The van der Waals surface area contributed by atoms with Gasteiger partial charge in [0.25, 0.3) is 5.91 Å². The average molecular weight is 364 g/mol. The lowest BCUT2D eigenvalue weighted by Gasteiger charge is -2.30. The number of anilines is 1. The highest BCUT2D eigenvalue weighted by molar-refractivity contribution is 6.22. The molecule has 0 N–H and O–H groups in total. The Labute approximate surface area is 159 Å². The SMILES string of the molecule is CC1CCN(C(=O)c2ccc(N3C(=O)[C@@H]4[C@@H](C3=O)[C@H]3C=C[C@H]4C3)cc2)CC1. The van der Waals surface area contributed by atoms with Gasteiger partial charge in [-0.05, 0) is 61.3 Å². The number of benzene rings is 1. The zero-order chi connectivity index (χ0) is 18.7. The number of carbonyl (C=O) groups excluding carboxylic acids is 3. The number of rotatable bonds is 2. The van der Waals surface area contributed by atoms with Crippen molar-refractivity contribution in [3.05, 3.63) is 42.0 Å². The van der Waals surface area contributed by atoms with Crippen molar-refractivity contribution in [2.24, 2.45) is 29.6 Å². The minimum absolute atomic E-state index is 0.0339. The number of allylic oxidation sites excluding steroid dienone is 2. The van der Waals surface area contributed by atoms with Crippen molar-refractivity contribution in [2.45, 2.75) is 26.2 Å². The Morgan fingerprint density at radius 2 is 1.48 bits per heavy atom. The predicted molar refractivity (Wildman–Crippen MR) is 101 cm³/mol. The molecule has 3 amide bonds. The van der Waals surface area contributed by atoms with Crippen molar-refractivity contribution in [3.63, 3.8) is 0 Å². The van der Waals surface area contributed by atoms with Gasteiger partial charge in [-0.25, -0.2) is 0 Å². The molecule has 0 aromatic heterocycles. The molecule has 4 atom stereocenters. The lowest BCUT2D eigenvalue weighted by molar-refractivity contribution is -0.123. The molecule has 1 saturated carbocycles. The number of imide groups is 1. The summed E-state index contributed by atoms with van der Waals surface area (Å²) in [6.45, 7) is 3.81. The van der Waals surface area contributed by atoms with Crippen molar-refractivity contribution in [2.75, 3.05) is 18.0 Å². The monoisotopic (exact) mass is 364 g/mol. The first-order valence-corrected chi connectivity index (χ1v) is 10.00. The van der Waals surface area contributed by atoms with Crippen molar-refractivity contribution in [1.29, 1.82) is 0 Å². The van der Waals surface area contributed by atoms with Crippen molar-refractivity contribution in [3.8, 4) is 0 Å². The molecule has 3 fully saturated rings. The first kappa shape index (κ1) is 16.7. The van der Waals surface area contributed by atoms with E-state index < -0.39 is 0 Å². The van der Waals surface area contributed by atoms with Crippen molar-refractivity contribution >= 4 is 23.4 Å². The maximum absolute atomic E-state index is 12.9. The summed E-state index contributed by atoms with van der Waals surface area (Å²) in [5.41, 5.74) is 1.21. The molecular formula is C22H24N2O3. The highest BCUT2D eigenvalue weighted by Gasteiger charge is 2.59. The third-order valence-electron chi connectivity index (χ3n) is 6.91. The van der Waals surface area contributed by atoms with E-state index in [1.54, 1.807) is 24.3 Å². The van der Waals surface area contributed by atoms with E-state index in [2.05, 4.69) is 19.1 Å². The van der Waals surface area contributed by atoms with Gasteiger partial charge in [0.2, 0.25) is 11.8 Å². The van der Waals surface area contributed by atoms with E-state index in [0.29, 0.717) is 17.2 Å². The highest BCUT2D eigenvalue weighted by atomic mass is 16.2. The molecule has 1 aromatic carbocycles. The van der Waals surface area contributed by atoms with Crippen LogP contribution in [-0.4, -0.2) is 35.7 Å².